The van der Waals surface area contributed by atoms with Gasteiger partial charge in [0.15, 0.2) is 0 Å². The van der Waals surface area contributed by atoms with Crippen molar-refractivity contribution in [3.8, 4) is 5.69 Å². The summed E-state index contributed by atoms with van der Waals surface area (Å²) in [5, 5.41) is 7.54. The van der Waals surface area contributed by atoms with Crippen LogP contribution in [-0.4, -0.2) is 46.1 Å². The second-order valence-electron chi connectivity index (χ2n) is 10.3. The van der Waals surface area contributed by atoms with Crippen LogP contribution in [0.4, 0.5) is 14.5 Å². The van der Waals surface area contributed by atoms with E-state index in [1.165, 1.54) is 14.9 Å². The van der Waals surface area contributed by atoms with Crippen molar-refractivity contribution < 1.29 is 22.7 Å². The lowest BCUT2D eigenvalue weighted by atomic mass is 9.90. The van der Waals surface area contributed by atoms with Crippen LogP contribution in [0.25, 0.3) is 16.6 Å². The van der Waals surface area contributed by atoms with Crippen LogP contribution in [0.5, 0.6) is 0 Å². The molecule has 0 aliphatic carbocycles. The predicted octanol–water partition coefficient (Wildman–Crippen LogP) is 4.87. The van der Waals surface area contributed by atoms with Crippen LogP contribution in [0.2, 0.25) is 0 Å². The van der Waals surface area contributed by atoms with Gasteiger partial charge in [-0.1, -0.05) is 30.3 Å². The Morgan fingerprint density at radius 1 is 1.08 bits per heavy atom. The molecular formula is C27H29F2N5O4S. The number of rotatable bonds is 5. The first-order chi connectivity index (χ1) is 18.2. The van der Waals surface area contributed by atoms with Gasteiger partial charge in [0.05, 0.1) is 39.9 Å². The molecule has 0 radical (unpaired) electrons. The molecular weight excluding hydrogens is 528 g/mol. The number of hydrogen-bond donors (Lipinski definition) is 3. The number of fused-ring (bicyclic) bond motifs is 1. The Balaban J connectivity index is 1.64. The highest BCUT2D eigenvalue weighted by Gasteiger charge is 2.60. The van der Waals surface area contributed by atoms with Gasteiger partial charge in [-0.3, -0.25) is 23.0 Å². The Morgan fingerprint density at radius 2 is 1.74 bits per heavy atom. The molecule has 39 heavy (non-hydrogen) atoms. The molecule has 5 rings (SSSR count). The molecule has 2 atom stereocenters. The maximum absolute atomic E-state index is 14.0. The Labute approximate surface area is 225 Å². The number of anilines is 1. The van der Waals surface area contributed by atoms with Gasteiger partial charge < -0.3 is 9.88 Å². The molecule has 3 N–H and O–H groups in total. The molecule has 0 unspecified atom stereocenters. The number of pyridine rings is 1. The van der Waals surface area contributed by atoms with E-state index >= 15 is 0 Å². The van der Waals surface area contributed by atoms with Gasteiger partial charge in [-0.15, -0.1) is 10.8 Å². The fraction of sp³-hybridized carbons (Fsp3) is 0.296. The van der Waals surface area contributed by atoms with Crippen LogP contribution in [-0.2, 0) is 11.8 Å². The molecule has 1 amide bonds. The summed E-state index contributed by atoms with van der Waals surface area (Å²) >= 11 is 0. The first-order valence-electron chi connectivity index (χ1n) is 12.2. The quantitative estimate of drug-likeness (QED) is 0.323. The van der Waals surface area contributed by atoms with E-state index in [0.29, 0.717) is 34.8 Å². The fourth-order valence-corrected chi connectivity index (χ4v) is 6.98. The first-order valence-corrected chi connectivity index (χ1v) is 13.7. The van der Waals surface area contributed by atoms with Crippen molar-refractivity contribution in [2.45, 2.75) is 43.5 Å². The van der Waals surface area contributed by atoms with E-state index in [2.05, 4.69) is 10.4 Å². The third-order valence-corrected chi connectivity index (χ3v) is 9.90. The normalized spacial score (nSPS) is 21.2. The molecule has 1 fully saturated rings. The molecule has 2 aromatic carbocycles. The topological polar surface area (TPSA) is 113 Å². The maximum Gasteiger partial charge on any atom is 0.321 e. The second-order valence-corrected chi connectivity index (χ2v) is 12.8. The van der Waals surface area contributed by atoms with Gasteiger partial charge >= 0.3 is 5.92 Å². The van der Waals surface area contributed by atoms with Crippen molar-refractivity contribution in [1.29, 1.82) is 0 Å². The minimum absolute atomic E-state index is 0.159. The van der Waals surface area contributed by atoms with E-state index in [4.69, 9.17) is 0 Å². The van der Waals surface area contributed by atoms with Crippen LogP contribution in [0.15, 0.2) is 77.9 Å². The van der Waals surface area contributed by atoms with E-state index in [-0.39, 0.29) is 5.56 Å². The number of nitrogens with zero attached hydrogens (tertiary/aromatic N) is 4. The Kier molecular flexibility index (Phi) is 6.32. The average Bonchev–Trinajstić information content (AvgIpc) is 3.36. The van der Waals surface area contributed by atoms with E-state index in [1.807, 2.05) is 0 Å². The zero-order valence-corrected chi connectivity index (χ0v) is 22.6. The van der Waals surface area contributed by atoms with Crippen LogP contribution >= 0.6 is 10.8 Å². The Hall–Kier alpha value is -3.74. The zero-order valence-electron chi connectivity index (χ0n) is 21.7. The minimum atomic E-state index is -3.67. The number of alkyl halides is 2. The van der Waals surface area contributed by atoms with Gasteiger partial charge in [0.25, 0.3) is 5.91 Å². The van der Waals surface area contributed by atoms with E-state index < -0.39 is 39.4 Å². The summed E-state index contributed by atoms with van der Waals surface area (Å²) in [7, 11) is -2.03. The number of carbonyl (C=O) groups excluding carboxylic acids is 1. The molecule has 2 aromatic heterocycles. The highest BCUT2D eigenvalue weighted by atomic mass is 32.3. The lowest BCUT2D eigenvalue weighted by molar-refractivity contribution is -0.144. The van der Waals surface area contributed by atoms with Gasteiger partial charge in [0.2, 0.25) is 5.56 Å². The van der Waals surface area contributed by atoms with Crippen LogP contribution in [0.1, 0.15) is 32.4 Å². The van der Waals surface area contributed by atoms with Gasteiger partial charge in [-0.25, -0.2) is 4.68 Å². The van der Waals surface area contributed by atoms with Gasteiger partial charge in [-0.05, 0) is 43.7 Å². The van der Waals surface area contributed by atoms with Crippen molar-refractivity contribution in [2.75, 3.05) is 4.31 Å². The number of halogens is 2. The predicted molar refractivity (Wildman–Crippen MR) is 147 cm³/mol. The Bertz CT molecular complexity index is 1610. The molecule has 4 aromatic rings. The first kappa shape index (κ1) is 26.9. The van der Waals surface area contributed by atoms with Crippen molar-refractivity contribution in [3.63, 3.8) is 0 Å². The number of benzene rings is 2. The molecule has 0 spiro atoms. The second kappa shape index (κ2) is 9.18. The highest BCUT2D eigenvalue weighted by Crippen LogP contribution is 2.68. The van der Waals surface area contributed by atoms with Gasteiger partial charge in [-0.2, -0.15) is 13.9 Å². The van der Waals surface area contributed by atoms with Crippen LogP contribution in [0.3, 0.4) is 0 Å². The molecule has 206 valence electrons. The van der Waals surface area contributed by atoms with E-state index in [9.17, 15) is 27.5 Å². The minimum Gasteiger partial charge on any atom is -0.343 e. The number of carbonyl (C=O) groups is 1. The van der Waals surface area contributed by atoms with Gasteiger partial charge in [0.1, 0.15) is 0 Å². The SMILES string of the molecule is Cn1cc(-n2ncc3cc(N4[C@H](c5ccccc5)[C@@H](NC(=O)C(C)(F)F)C(C)(C)S4(O)O)ccc32)ccc1=O. The summed E-state index contributed by atoms with van der Waals surface area (Å²) in [5.41, 5.74) is 2.25. The number of nitrogens with one attached hydrogen (secondary N) is 1. The molecule has 12 heteroatoms. The molecule has 3 heterocycles. The monoisotopic (exact) mass is 557 g/mol. The number of amides is 1. The third-order valence-electron chi connectivity index (χ3n) is 7.24. The number of hydrogen-bond acceptors (Lipinski definition) is 6. The maximum atomic E-state index is 14.0. The van der Waals surface area contributed by atoms with Crippen LogP contribution < -0.4 is 15.2 Å². The number of aromatic nitrogens is 3. The van der Waals surface area contributed by atoms with Crippen molar-refractivity contribution in [2.24, 2.45) is 7.05 Å². The fourth-order valence-electron chi connectivity index (χ4n) is 4.97. The van der Waals surface area contributed by atoms with Crippen molar-refractivity contribution >= 4 is 33.3 Å². The lowest BCUT2D eigenvalue weighted by Crippen LogP contribution is -2.53. The molecule has 1 aliphatic heterocycles. The standard InChI is InChI=1S/C27H29F2N5O4S/c1-26(2)24(31-25(36)27(3,28)29)23(17-8-6-5-7-9-17)34(39(26,37)38)19-10-12-21-18(14-19)15-30-33(21)20-11-13-22(35)32(4)16-20/h5-16,23-24,37-38H,1-4H3,(H,31,36)/t23-,24-/m1/s1. The molecule has 1 aliphatic rings. The Morgan fingerprint density at radius 3 is 2.38 bits per heavy atom. The largest absolute Gasteiger partial charge is 0.343 e. The van der Waals surface area contributed by atoms with Crippen molar-refractivity contribution in [1.82, 2.24) is 19.7 Å². The summed E-state index contributed by atoms with van der Waals surface area (Å²) < 4.78 is 54.3. The summed E-state index contributed by atoms with van der Waals surface area (Å²) in [5.74, 6) is -5.14. The summed E-state index contributed by atoms with van der Waals surface area (Å²) in [6.07, 6.45) is 3.27. The number of aryl methyl sites for hydroxylation is 1. The van der Waals surface area contributed by atoms with E-state index in [0.717, 1.165) is 0 Å². The smallest absolute Gasteiger partial charge is 0.321 e. The molecule has 0 saturated carbocycles. The van der Waals surface area contributed by atoms with Gasteiger partial charge in [0, 0.05) is 31.6 Å². The average molecular weight is 558 g/mol. The van der Waals surface area contributed by atoms with E-state index in [1.54, 1.807) is 92.6 Å². The van der Waals surface area contributed by atoms with Crippen LogP contribution in [0, 0.1) is 0 Å². The third kappa shape index (κ3) is 4.38. The molecule has 0 bridgehead atoms. The lowest BCUT2D eigenvalue weighted by Gasteiger charge is -2.47. The molecule has 9 nitrogen and oxygen atoms in total. The molecule has 1 saturated heterocycles. The highest BCUT2D eigenvalue weighted by molar-refractivity contribution is 8.26. The summed E-state index contributed by atoms with van der Waals surface area (Å²) in [6, 6.07) is 15.2. The summed E-state index contributed by atoms with van der Waals surface area (Å²) in [6.45, 7) is 3.61. The zero-order chi connectivity index (χ0) is 28.3. The van der Waals surface area contributed by atoms with Crippen molar-refractivity contribution in [3.05, 3.63) is 89.0 Å². The summed E-state index contributed by atoms with van der Waals surface area (Å²) in [4.78, 5) is 24.3.